The van der Waals surface area contributed by atoms with Crippen molar-refractivity contribution in [3.05, 3.63) is 51.5 Å². The van der Waals surface area contributed by atoms with Crippen LogP contribution >= 0.6 is 11.3 Å². The van der Waals surface area contributed by atoms with Gasteiger partial charge in [-0.25, -0.2) is 0 Å². The van der Waals surface area contributed by atoms with Crippen molar-refractivity contribution in [2.24, 2.45) is 0 Å². The second-order valence-corrected chi connectivity index (χ2v) is 8.81. The highest BCUT2D eigenvalue weighted by molar-refractivity contribution is 7.21. The van der Waals surface area contributed by atoms with Crippen LogP contribution in [0.2, 0.25) is 0 Å². The zero-order valence-electron chi connectivity index (χ0n) is 16.7. The average Bonchev–Trinajstić information content (AvgIpc) is 3.08. The SMILES string of the molecule is CC(O)(c1ccc(CNC(=O)c2sc3nnc4c(c3c2N)CCCC4)cc1)C(F)(F)F. The molecule has 2 heterocycles. The molecule has 2 aromatic heterocycles. The number of carbonyl (C=O) groups is 1. The van der Waals surface area contributed by atoms with Crippen LogP contribution in [-0.2, 0) is 25.0 Å². The number of benzene rings is 1. The molecule has 1 aliphatic carbocycles. The number of hydrogen-bond donors (Lipinski definition) is 3. The summed E-state index contributed by atoms with van der Waals surface area (Å²) in [5.41, 5.74) is 6.06. The second-order valence-electron chi connectivity index (χ2n) is 7.81. The fourth-order valence-electron chi connectivity index (χ4n) is 3.71. The van der Waals surface area contributed by atoms with Gasteiger partial charge in [-0.1, -0.05) is 24.3 Å². The number of nitrogens with two attached hydrogens (primary N) is 1. The molecular weight excluding hydrogens is 429 g/mol. The summed E-state index contributed by atoms with van der Waals surface area (Å²) in [5.74, 6) is -0.378. The minimum atomic E-state index is -4.79. The number of amides is 1. The number of aliphatic hydroxyl groups is 1. The van der Waals surface area contributed by atoms with E-state index in [1.54, 1.807) is 0 Å². The number of hydrogen-bond acceptors (Lipinski definition) is 6. The van der Waals surface area contributed by atoms with Gasteiger partial charge in [0, 0.05) is 11.9 Å². The van der Waals surface area contributed by atoms with E-state index in [2.05, 4.69) is 15.5 Å². The minimum absolute atomic E-state index is 0.102. The van der Waals surface area contributed by atoms with Crippen LogP contribution in [0.15, 0.2) is 24.3 Å². The zero-order chi connectivity index (χ0) is 22.4. The number of rotatable bonds is 4. The highest BCUT2D eigenvalue weighted by Crippen LogP contribution is 2.39. The third-order valence-corrected chi connectivity index (χ3v) is 6.74. The minimum Gasteiger partial charge on any atom is -0.397 e. The van der Waals surface area contributed by atoms with Crippen LogP contribution < -0.4 is 11.1 Å². The maximum absolute atomic E-state index is 13.0. The number of aromatic nitrogens is 2. The van der Waals surface area contributed by atoms with E-state index >= 15 is 0 Å². The Morgan fingerprint density at radius 3 is 2.55 bits per heavy atom. The molecule has 4 N–H and O–H groups in total. The quantitative estimate of drug-likeness (QED) is 0.561. The van der Waals surface area contributed by atoms with E-state index in [-0.39, 0.29) is 18.0 Å². The van der Waals surface area contributed by atoms with Crippen molar-refractivity contribution in [3.63, 3.8) is 0 Å². The van der Waals surface area contributed by atoms with Gasteiger partial charge >= 0.3 is 6.18 Å². The van der Waals surface area contributed by atoms with Crippen molar-refractivity contribution >= 4 is 33.1 Å². The molecule has 1 aromatic carbocycles. The molecule has 10 heteroatoms. The van der Waals surface area contributed by atoms with Crippen LogP contribution in [0.3, 0.4) is 0 Å². The highest BCUT2D eigenvalue weighted by Gasteiger charge is 2.51. The maximum Gasteiger partial charge on any atom is 0.421 e. The average molecular weight is 450 g/mol. The van der Waals surface area contributed by atoms with Gasteiger partial charge in [-0.3, -0.25) is 4.79 Å². The first-order valence-corrected chi connectivity index (χ1v) is 10.6. The summed E-state index contributed by atoms with van der Waals surface area (Å²) in [6, 6.07) is 5.27. The third-order valence-electron chi connectivity index (χ3n) is 5.66. The van der Waals surface area contributed by atoms with Crippen LogP contribution in [0.4, 0.5) is 18.9 Å². The van der Waals surface area contributed by atoms with Gasteiger partial charge in [0.2, 0.25) is 0 Å². The number of thiophene rings is 1. The Balaban J connectivity index is 1.51. The van der Waals surface area contributed by atoms with E-state index in [9.17, 15) is 23.1 Å². The molecule has 0 bridgehead atoms. The summed E-state index contributed by atoms with van der Waals surface area (Å²) in [6.45, 7) is 0.806. The summed E-state index contributed by atoms with van der Waals surface area (Å²) >= 11 is 1.18. The van der Waals surface area contributed by atoms with Gasteiger partial charge in [0.25, 0.3) is 5.91 Å². The molecule has 1 aliphatic rings. The smallest absolute Gasteiger partial charge is 0.397 e. The van der Waals surface area contributed by atoms with Gasteiger partial charge in [0.1, 0.15) is 9.71 Å². The Labute approximate surface area is 180 Å². The predicted molar refractivity (Wildman–Crippen MR) is 112 cm³/mol. The number of fused-ring (bicyclic) bond motifs is 3. The number of halogens is 3. The molecule has 0 saturated heterocycles. The summed E-state index contributed by atoms with van der Waals surface area (Å²) < 4.78 is 38.9. The lowest BCUT2D eigenvalue weighted by Crippen LogP contribution is -2.39. The predicted octanol–water partition coefficient (Wildman–Crippen LogP) is 3.85. The van der Waals surface area contributed by atoms with Crippen molar-refractivity contribution in [1.82, 2.24) is 15.5 Å². The van der Waals surface area contributed by atoms with Gasteiger partial charge in [0.15, 0.2) is 5.60 Å². The zero-order valence-corrected chi connectivity index (χ0v) is 17.5. The van der Waals surface area contributed by atoms with E-state index in [4.69, 9.17) is 5.73 Å². The van der Waals surface area contributed by atoms with E-state index in [1.807, 2.05) is 0 Å². The van der Waals surface area contributed by atoms with Gasteiger partial charge in [0.05, 0.1) is 11.4 Å². The first kappa shape index (κ1) is 21.5. The number of nitrogens with zero attached hydrogens (tertiary/aromatic N) is 2. The van der Waals surface area contributed by atoms with E-state index < -0.39 is 11.8 Å². The van der Waals surface area contributed by atoms with E-state index in [0.717, 1.165) is 42.3 Å². The van der Waals surface area contributed by atoms with Crippen molar-refractivity contribution < 1.29 is 23.1 Å². The molecule has 0 saturated carbocycles. The molecule has 0 radical (unpaired) electrons. The maximum atomic E-state index is 13.0. The summed E-state index contributed by atoms with van der Waals surface area (Å²) in [4.78, 5) is 13.7. The summed E-state index contributed by atoms with van der Waals surface area (Å²) in [6.07, 6.45) is -0.975. The van der Waals surface area contributed by atoms with E-state index in [0.29, 0.717) is 27.9 Å². The number of nitrogen functional groups attached to an aromatic ring is 1. The molecule has 1 atom stereocenters. The van der Waals surface area contributed by atoms with Crippen molar-refractivity contribution in [2.75, 3.05) is 5.73 Å². The molecule has 0 spiro atoms. The topological polar surface area (TPSA) is 101 Å². The Bertz CT molecular complexity index is 1140. The monoisotopic (exact) mass is 450 g/mol. The van der Waals surface area contributed by atoms with Gasteiger partial charge < -0.3 is 16.2 Å². The van der Waals surface area contributed by atoms with Gasteiger partial charge in [-0.05, 0) is 49.3 Å². The Hall–Kier alpha value is -2.72. The van der Waals surface area contributed by atoms with Crippen molar-refractivity contribution in [2.45, 2.75) is 50.9 Å². The first-order valence-electron chi connectivity index (χ1n) is 9.82. The number of carbonyl (C=O) groups excluding carboxylic acids is 1. The normalized spacial score (nSPS) is 16.0. The number of alkyl halides is 3. The molecule has 1 unspecified atom stereocenters. The Kier molecular flexibility index (Phi) is 5.38. The standard InChI is InChI=1S/C21H21F3N4O2S/c1-20(30,21(22,23)24)12-8-6-11(7-9-12)10-26-18(29)17-16(25)15-13-4-2-3-5-14(13)27-28-19(15)31-17/h6-9,30H,2-5,10,25H2,1H3,(H,26,29). The number of nitrogens with one attached hydrogen (secondary N) is 1. The largest absolute Gasteiger partial charge is 0.421 e. The molecule has 0 fully saturated rings. The van der Waals surface area contributed by atoms with Crippen LogP contribution in [0.5, 0.6) is 0 Å². The summed E-state index contributed by atoms with van der Waals surface area (Å²) in [5, 5.41) is 21.8. The fourth-order valence-corrected chi connectivity index (χ4v) is 4.70. The molecule has 164 valence electrons. The third kappa shape index (κ3) is 3.85. The lowest BCUT2D eigenvalue weighted by atomic mass is 9.94. The van der Waals surface area contributed by atoms with E-state index in [1.165, 1.54) is 35.6 Å². The van der Waals surface area contributed by atoms with Gasteiger partial charge in [-0.2, -0.15) is 18.3 Å². The van der Waals surface area contributed by atoms with Crippen LogP contribution in [0.1, 0.15) is 51.8 Å². The second kappa shape index (κ2) is 7.76. The van der Waals surface area contributed by atoms with Crippen LogP contribution in [0, 0.1) is 0 Å². The lowest BCUT2D eigenvalue weighted by Gasteiger charge is -2.26. The molecule has 6 nitrogen and oxygen atoms in total. The van der Waals surface area contributed by atoms with Crippen LogP contribution in [-0.4, -0.2) is 27.4 Å². The van der Waals surface area contributed by atoms with Crippen LogP contribution in [0.25, 0.3) is 10.2 Å². The number of aryl methyl sites for hydroxylation is 2. The molecule has 1 amide bonds. The first-order chi connectivity index (χ1) is 14.6. The van der Waals surface area contributed by atoms with Gasteiger partial charge in [-0.15, -0.1) is 16.4 Å². The Morgan fingerprint density at radius 1 is 1.19 bits per heavy atom. The molecule has 31 heavy (non-hydrogen) atoms. The summed E-state index contributed by atoms with van der Waals surface area (Å²) in [7, 11) is 0. The molecule has 4 rings (SSSR count). The fraction of sp³-hybridized carbons (Fsp3) is 0.381. The highest BCUT2D eigenvalue weighted by atomic mass is 32.1. The Morgan fingerprint density at radius 2 is 1.87 bits per heavy atom. The molecule has 3 aromatic rings. The molecular formula is C21H21F3N4O2S. The van der Waals surface area contributed by atoms with Crippen molar-refractivity contribution in [3.8, 4) is 0 Å². The lowest BCUT2D eigenvalue weighted by molar-refractivity contribution is -0.258. The molecule has 0 aliphatic heterocycles. The number of anilines is 1. The van der Waals surface area contributed by atoms with Crippen molar-refractivity contribution in [1.29, 1.82) is 0 Å².